The van der Waals surface area contributed by atoms with E-state index in [-0.39, 0.29) is 29.9 Å². The molecular formula is C21H26N2O6S2. The van der Waals surface area contributed by atoms with Gasteiger partial charge in [0.25, 0.3) is 5.91 Å². The lowest BCUT2D eigenvalue weighted by atomic mass is 10.1. The van der Waals surface area contributed by atoms with Crippen LogP contribution in [0.5, 0.6) is 0 Å². The molecule has 2 fully saturated rings. The van der Waals surface area contributed by atoms with Gasteiger partial charge in [0, 0.05) is 29.8 Å². The lowest BCUT2D eigenvalue weighted by Crippen LogP contribution is -2.51. The number of esters is 1. The Kier molecular flexibility index (Phi) is 5.80. The molecule has 0 aliphatic carbocycles. The van der Waals surface area contributed by atoms with Crippen LogP contribution in [0.1, 0.15) is 39.5 Å². The standard InChI is InChI=1S/C21H26N2O6S2/c1-3-14(2)22(15-9-11-31(27,28)13-15)19(25)12-29-20(26)21-10-8-18(24)23(21)16-6-4-5-7-17(16)30-21/h4-7,14-15H,3,8-13H2,1-2H3. The van der Waals surface area contributed by atoms with E-state index in [1.54, 1.807) is 11.0 Å². The molecule has 31 heavy (non-hydrogen) atoms. The Labute approximate surface area is 186 Å². The van der Waals surface area contributed by atoms with E-state index in [2.05, 4.69) is 0 Å². The number of para-hydroxylation sites is 1. The van der Waals surface area contributed by atoms with Crippen molar-refractivity contribution in [2.45, 2.75) is 61.4 Å². The summed E-state index contributed by atoms with van der Waals surface area (Å²) >= 11 is 1.29. The zero-order valence-electron chi connectivity index (χ0n) is 17.6. The van der Waals surface area contributed by atoms with E-state index in [4.69, 9.17) is 4.74 Å². The van der Waals surface area contributed by atoms with Crippen LogP contribution in [0.25, 0.3) is 0 Å². The summed E-state index contributed by atoms with van der Waals surface area (Å²) in [5.41, 5.74) is 0.690. The summed E-state index contributed by atoms with van der Waals surface area (Å²) in [7, 11) is -3.16. The Morgan fingerprint density at radius 3 is 2.77 bits per heavy atom. The predicted octanol–water partition coefficient (Wildman–Crippen LogP) is 1.97. The largest absolute Gasteiger partial charge is 0.453 e. The van der Waals surface area contributed by atoms with E-state index >= 15 is 0 Å². The number of amides is 2. The topological polar surface area (TPSA) is 101 Å². The van der Waals surface area contributed by atoms with E-state index in [9.17, 15) is 22.8 Å². The van der Waals surface area contributed by atoms with Gasteiger partial charge >= 0.3 is 5.97 Å². The molecule has 168 valence electrons. The number of ether oxygens (including phenoxy) is 1. The fraction of sp³-hybridized carbons (Fsp3) is 0.571. The minimum Gasteiger partial charge on any atom is -0.453 e. The molecule has 3 aliphatic rings. The van der Waals surface area contributed by atoms with Crippen molar-refractivity contribution in [2.75, 3.05) is 23.0 Å². The monoisotopic (exact) mass is 466 g/mol. The molecular weight excluding hydrogens is 440 g/mol. The lowest BCUT2D eigenvalue weighted by molar-refractivity contribution is -0.155. The zero-order chi connectivity index (χ0) is 22.4. The van der Waals surface area contributed by atoms with Crippen LogP contribution in [0.3, 0.4) is 0 Å². The number of thioether (sulfide) groups is 1. The predicted molar refractivity (Wildman–Crippen MR) is 116 cm³/mol. The lowest BCUT2D eigenvalue weighted by Gasteiger charge is -2.34. The van der Waals surface area contributed by atoms with Crippen molar-refractivity contribution in [2.24, 2.45) is 0 Å². The Balaban J connectivity index is 1.49. The minimum atomic E-state index is -3.16. The number of rotatable bonds is 6. The van der Waals surface area contributed by atoms with Crippen LogP contribution in [0.4, 0.5) is 5.69 Å². The smallest absolute Gasteiger partial charge is 0.344 e. The second-order valence-corrected chi connectivity index (χ2v) is 11.8. The third-order valence-corrected chi connectivity index (χ3v) is 9.48. The molecule has 0 bridgehead atoms. The number of hydrogen-bond acceptors (Lipinski definition) is 7. The summed E-state index contributed by atoms with van der Waals surface area (Å²) in [6.45, 7) is 3.32. The fourth-order valence-corrected chi connectivity index (χ4v) is 7.71. The molecule has 2 saturated heterocycles. The molecule has 3 atom stereocenters. The number of sulfone groups is 1. The third-order valence-electron chi connectivity index (χ3n) is 6.27. The average molecular weight is 467 g/mol. The second-order valence-electron chi connectivity index (χ2n) is 8.27. The quantitative estimate of drug-likeness (QED) is 0.591. The van der Waals surface area contributed by atoms with Crippen molar-refractivity contribution in [1.82, 2.24) is 4.90 Å². The first kappa shape index (κ1) is 22.1. The van der Waals surface area contributed by atoms with Crippen LogP contribution in [-0.2, 0) is 29.0 Å². The molecule has 4 rings (SSSR count). The van der Waals surface area contributed by atoms with Crippen LogP contribution in [0.15, 0.2) is 29.2 Å². The molecule has 3 aliphatic heterocycles. The maximum Gasteiger partial charge on any atom is 0.344 e. The summed E-state index contributed by atoms with van der Waals surface area (Å²) < 4.78 is 29.3. The molecule has 8 nitrogen and oxygen atoms in total. The van der Waals surface area contributed by atoms with Crippen molar-refractivity contribution in [3.05, 3.63) is 24.3 Å². The maximum absolute atomic E-state index is 13.2. The van der Waals surface area contributed by atoms with Gasteiger partial charge in [0.15, 0.2) is 21.3 Å². The highest BCUT2D eigenvalue weighted by molar-refractivity contribution is 8.02. The summed E-state index contributed by atoms with van der Waals surface area (Å²) in [5, 5.41) is 0. The van der Waals surface area contributed by atoms with Gasteiger partial charge in [-0.15, -0.1) is 0 Å². The van der Waals surface area contributed by atoms with Gasteiger partial charge in [-0.05, 0) is 31.9 Å². The van der Waals surface area contributed by atoms with Gasteiger partial charge in [0.2, 0.25) is 5.91 Å². The minimum absolute atomic E-state index is 0.0611. The van der Waals surface area contributed by atoms with Gasteiger partial charge < -0.3 is 9.64 Å². The summed E-state index contributed by atoms with van der Waals surface area (Å²) in [5.74, 6) is -1.16. The number of fused-ring (bicyclic) bond motifs is 3. The molecule has 1 aromatic carbocycles. The van der Waals surface area contributed by atoms with Crippen molar-refractivity contribution >= 4 is 45.1 Å². The van der Waals surface area contributed by atoms with Crippen LogP contribution in [-0.4, -0.2) is 66.2 Å². The van der Waals surface area contributed by atoms with E-state index in [1.807, 2.05) is 32.0 Å². The fourth-order valence-electron chi connectivity index (χ4n) is 4.59. The molecule has 2 amide bonds. The number of hydrogen-bond donors (Lipinski definition) is 0. The van der Waals surface area contributed by atoms with Crippen LogP contribution >= 0.6 is 11.8 Å². The molecule has 0 aromatic heterocycles. The second kappa shape index (κ2) is 8.12. The van der Waals surface area contributed by atoms with Gasteiger partial charge in [-0.25, -0.2) is 13.2 Å². The van der Waals surface area contributed by atoms with Gasteiger partial charge in [-0.1, -0.05) is 30.8 Å². The summed E-state index contributed by atoms with van der Waals surface area (Å²) in [6.07, 6.45) is 1.61. The van der Waals surface area contributed by atoms with Crippen LogP contribution in [0, 0.1) is 0 Å². The Bertz CT molecular complexity index is 1030. The highest BCUT2D eigenvalue weighted by atomic mass is 32.2. The van der Waals surface area contributed by atoms with Crippen LogP contribution < -0.4 is 4.90 Å². The molecule has 0 N–H and O–H groups in total. The van der Waals surface area contributed by atoms with Crippen molar-refractivity contribution in [3.8, 4) is 0 Å². The molecule has 3 unspecified atom stereocenters. The number of nitrogens with zero attached hydrogens (tertiary/aromatic N) is 2. The van der Waals surface area contributed by atoms with E-state index in [1.165, 1.54) is 16.7 Å². The Morgan fingerprint density at radius 1 is 1.35 bits per heavy atom. The van der Waals surface area contributed by atoms with Crippen molar-refractivity contribution < 1.29 is 27.5 Å². The van der Waals surface area contributed by atoms with Gasteiger partial charge in [0.05, 0.1) is 17.2 Å². The van der Waals surface area contributed by atoms with E-state index in [0.29, 0.717) is 24.9 Å². The van der Waals surface area contributed by atoms with E-state index < -0.39 is 39.2 Å². The first-order valence-electron chi connectivity index (χ1n) is 10.5. The van der Waals surface area contributed by atoms with Crippen LogP contribution in [0.2, 0.25) is 0 Å². The maximum atomic E-state index is 13.2. The SMILES string of the molecule is CCC(C)N(C(=O)COC(=O)C12CCC(=O)N1c1ccccc1S2)C1CCS(=O)(=O)C1. The van der Waals surface area contributed by atoms with Gasteiger partial charge in [-0.3, -0.25) is 14.5 Å². The first-order chi connectivity index (χ1) is 14.7. The highest BCUT2D eigenvalue weighted by Crippen LogP contribution is 2.56. The van der Waals surface area contributed by atoms with Crippen molar-refractivity contribution in [3.63, 3.8) is 0 Å². The molecule has 0 spiro atoms. The zero-order valence-corrected chi connectivity index (χ0v) is 19.2. The number of benzene rings is 1. The summed E-state index contributed by atoms with van der Waals surface area (Å²) in [4.78, 5) is 41.4. The Hall–Kier alpha value is -2.07. The average Bonchev–Trinajstić information content (AvgIpc) is 3.37. The van der Waals surface area contributed by atoms with Gasteiger partial charge in [-0.2, -0.15) is 0 Å². The first-order valence-corrected chi connectivity index (χ1v) is 13.1. The third kappa shape index (κ3) is 3.84. The number of carbonyl (C=O) groups excluding carboxylic acids is 3. The van der Waals surface area contributed by atoms with E-state index in [0.717, 1.165) is 4.90 Å². The normalized spacial score (nSPS) is 27.0. The summed E-state index contributed by atoms with van der Waals surface area (Å²) in [6, 6.07) is 6.75. The number of carbonyl (C=O) groups is 3. The molecule has 10 heteroatoms. The van der Waals surface area contributed by atoms with Crippen molar-refractivity contribution in [1.29, 1.82) is 0 Å². The molecule has 0 saturated carbocycles. The highest BCUT2D eigenvalue weighted by Gasteiger charge is 2.58. The molecule has 3 heterocycles. The number of anilines is 1. The van der Waals surface area contributed by atoms with Gasteiger partial charge in [0.1, 0.15) is 0 Å². The molecule has 0 radical (unpaired) electrons. The molecule has 1 aromatic rings. The Morgan fingerprint density at radius 2 is 2.10 bits per heavy atom.